The molecule has 3 aliphatic carbocycles. The third kappa shape index (κ3) is 15.4. The van der Waals surface area contributed by atoms with Gasteiger partial charge in [-0.15, -0.1) is 0 Å². The Balaban J connectivity index is 0.000000208. The minimum atomic E-state index is -0.825. The monoisotopic (exact) mass is 889 g/mol. The maximum absolute atomic E-state index is 14.3. The van der Waals surface area contributed by atoms with Crippen molar-refractivity contribution < 1.29 is 40.6 Å². The molecule has 354 valence electrons. The van der Waals surface area contributed by atoms with Crippen LogP contribution in [0.3, 0.4) is 0 Å². The highest BCUT2D eigenvalue weighted by molar-refractivity contribution is 5.35. The highest BCUT2D eigenvalue weighted by Crippen LogP contribution is 2.42. The first-order valence-electron chi connectivity index (χ1n) is 24.8. The average Bonchev–Trinajstić information content (AvgIpc) is 3.31. The van der Waals surface area contributed by atoms with Crippen LogP contribution in [0.1, 0.15) is 211 Å². The molecule has 0 unspecified atom stereocenters. The Morgan fingerprint density at radius 1 is 0.365 bits per heavy atom. The van der Waals surface area contributed by atoms with Crippen LogP contribution in [0.15, 0.2) is 36.4 Å². The van der Waals surface area contributed by atoms with Crippen LogP contribution in [0, 0.1) is 52.7 Å². The fraction of sp³-hybridized carbons (Fsp3) is 0.667. The summed E-state index contributed by atoms with van der Waals surface area (Å²) in [5.41, 5.74) is 1.60. The minimum Gasteiger partial charge on any atom is -0.490 e. The summed E-state index contributed by atoms with van der Waals surface area (Å²) in [4.78, 5) is 0. The Hall–Kier alpha value is -3.36. The molecule has 0 atom stereocenters. The third-order valence-corrected chi connectivity index (χ3v) is 13.7. The van der Waals surface area contributed by atoms with E-state index in [-0.39, 0.29) is 35.0 Å². The number of hydrogen-bond acceptors (Lipinski definition) is 3. The fourth-order valence-corrected chi connectivity index (χ4v) is 9.86. The average molecular weight is 889 g/mol. The standard InChI is InChI=1S/C19H28F2O.C18H26F2O.C17H24F2O/c1-3-5-6-14-7-9-15(10-8-14)16-11-12-17(22-13-4-2)19(21)18(16)20;1-3-5-13-6-8-14(9-7-13)15-10-11-16(21-12-4-2)18(20)17(15)19;1-3-11-20-15-10-9-14(16(18)17(15)19)13-7-5-12(4-2)6-8-13/h11-12,14-15H,3-10,13H2,1-2H3;10-11,13-14H,3-9,12H2,1-2H3;9-10,12-13H,3-8,11H2,1-2H3. The number of benzene rings is 3. The van der Waals surface area contributed by atoms with Crippen molar-refractivity contribution in [2.45, 2.75) is 194 Å². The number of unbranched alkanes of at least 4 members (excludes halogenated alkanes) is 1. The zero-order valence-corrected chi connectivity index (χ0v) is 39.4. The summed E-state index contributed by atoms with van der Waals surface area (Å²) in [5.74, 6) is -1.69. The van der Waals surface area contributed by atoms with E-state index in [9.17, 15) is 26.3 Å². The van der Waals surface area contributed by atoms with Crippen LogP contribution >= 0.6 is 0 Å². The Morgan fingerprint density at radius 2 is 0.683 bits per heavy atom. The molecule has 0 aromatic heterocycles. The topological polar surface area (TPSA) is 27.7 Å². The van der Waals surface area contributed by atoms with Gasteiger partial charge in [0.2, 0.25) is 17.5 Å². The predicted octanol–water partition coefficient (Wildman–Crippen LogP) is 17.5. The van der Waals surface area contributed by atoms with Gasteiger partial charge in [-0.1, -0.05) is 98.3 Å². The molecule has 3 nitrogen and oxygen atoms in total. The van der Waals surface area contributed by atoms with Crippen LogP contribution in [0.4, 0.5) is 26.3 Å². The smallest absolute Gasteiger partial charge is 0.200 e. The van der Waals surface area contributed by atoms with E-state index in [0.717, 1.165) is 114 Å². The van der Waals surface area contributed by atoms with E-state index >= 15 is 0 Å². The summed E-state index contributed by atoms with van der Waals surface area (Å²) < 4.78 is 101. The van der Waals surface area contributed by atoms with Crippen molar-refractivity contribution in [3.8, 4) is 17.2 Å². The molecule has 63 heavy (non-hydrogen) atoms. The number of rotatable bonds is 18. The van der Waals surface area contributed by atoms with Crippen LogP contribution in [0.2, 0.25) is 0 Å². The quantitative estimate of drug-likeness (QED) is 0.119. The van der Waals surface area contributed by atoms with Gasteiger partial charge in [-0.25, -0.2) is 13.2 Å². The number of hydrogen-bond donors (Lipinski definition) is 0. The van der Waals surface area contributed by atoms with Gasteiger partial charge >= 0.3 is 0 Å². The lowest BCUT2D eigenvalue weighted by atomic mass is 9.77. The Bertz CT molecular complexity index is 1760. The van der Waals surface area contributed by atoms with Crippen molar-refractivity contribution >= 4 is 0 Å². The lowest BCUT2D eigenvalue weighted by molar-refractivity contribution is 0.286. The molecule has 0 saturated heterocycles. The zero-order valence-electron chi connectivity index (χ0n) is 39.4. The third-order valence-electron chi connectivity index (χ3n) is 13.7. The Labute approximate surface area is 376 Å². The van der Waals surface area contributed by atoms with Crippen molar-refractivity contribution in [3.63, 3.8) is 0 Å². The SMILES string of the molecule is CCCCC1CCC(c2ccc(OCCC)c(F)c2F)CC1.CCCOc1ccc(C2CCC(CC)CC2)c(F)c1F.CCCOc1ccc(C2CCC(CCC)CC2)c(F)c1F. The second-order valence-electron chi connectivity index (χ2n) is 18.4. The molecule has 0 spiro atoms. The Kier molecular flexibility index (Phi) is 23.1. The van der Waals surface area contributed by atoms with E-state index in [0.29, 0.717) is 36.5 Å². The van der Waals surface area contributed by atoms with Crippen LogP contribution in [0.5, 0.6) is 17.2 Å². The van der Waals surface area contributed by atoms with Gasteiger partial charge in [0.25, 0.3) is 0 Å². The van der Waals surface area contributed by atoms with Crippen LogP contribution in [-0.4, -0.2) is 19.8 Å². The van der Waals surface area contributed by atoms with E-state index < -0.39 is 34.9 Å². The van der Waals surface area contributed by atoms with Gasteiger partial charge < -0.3 is 14.2 Å². The number of halogens is 6. The molecular formula is C54H78F6O3. The number of ether oxygens (including phenoxy) is 3. The van der Waals surface area contributed by atoms with E-state index in [4.69, 9.17) is 14.2 Å². The molecule has 0 heterocycles. The summed E-state index contributed by atoms with van der Waals surface area (Å²) in [7, 11) is 0. The maximum Gasteiger partial charge on any atom is 0.200 e. The maximum atomic E-state index is 14.3. The van der Waals surface area contributed by atoms with Crippen LogP contribution in [-0.2, 0) is 0 Å². The Morgan fingerprint density at radius 3 is 0.968 bits per heavy atom. The van der Waals surface area contributed by atoms with E-state index in [1.807, 2.05) is 20.8 Å². The van der Waals surface area contributed by atoms with Crippen molar-refractivity contribution in [1.82, 2.24) is 0 Å². The highest BCUT2D eigenvalue weighted by atomic mass is 19.2. The molecule has 3 aromatic carbocycles. The van der Waals surface area contributed by atoms with Crippen LogP contribution in [0.25, 0.3) is 0 Å². The zero-order chi connectivity index (χ0) is 45.7. The lowest BCUT2D eigenvalue weighted by Crippen LogP contribution is -2.15. The van der Waals surface area contributed by atoms with E-state index in [1.165, 1.54) is 38.5 Å². The van der Waals surface area contributed by atoms with Gasteiger partial charge in [-0.05, 0) is 167 Å². The molecule has 3 saturated carbocycles. The van der Waals surface area contributed by atoms with Gasteiger partial charge in [0.15, 0.2) is 34.7 Å². The molecular weight excluding hydrogens is 811 g/mol. The largest absolute Gasteiger partial charge is 0.490 e. The lowest BCUT2D eigenvalue weighted by Gasteiger charge is -2.29. The second-order valence-corrected chi connectivity index (χ2v) is 18.4. The van der Waals surface area contributed by atoms with E-state index in [2.05, 4.69) is 20.8 Å². The summed E-state index contributed by atoms with van der Waals surface area (Å²) in [5, 5.41) is 0. The normalized spacial score (nSPS) is 22.3. The van der Waals surface area contributed by atoms with Crippen molar-refractivity contribution in [1.29, 1.82) is 0 Å². The first-order chi connectivity index (χ1) is 30.5. The molecule has 0 amide bonds. The summed E-state index contributed by atoms with van der Waals surface area (Å²) in [6, 6.07) is 9.90. The van der Waals surface area contributed by atoms with Gasteiger partial charge in [0, 0.05) is 0 Å². The fourth-order valence-electron chi connectivity index (χ4n) is 9.86. The van der Waals surface area contributed by atoms with Crippen LogP contribution < -0.4 is 14.2 Å². The first-order valence-corrected chi connectivity index (χ1v) is 24.8. The molecule has 9 heteroatoms. The van der Waals surface area contributed by atoms with Crippen molar-refractivity contribution in [2.24, 2.45) is 17.8 Å². The van der Waals surface area contributed by atoms with Gasteiger partial charge in [-0.2, -0.15) is 13.2 Å². The molecule has 0 radical (unpaired) electrons. The highest BCUT2D eigenvalue weighted by Gasteiger charge is 2.29. The molecule has 3 aliphatic rings. The van der Waals surface area contributed by atoms with Crippen molar-refractivity contribution in [2.75, 3.05) is 19.8 Å². The van der Waals surface area contributed by atoms with Gasteiger partial charge in [0.1, 0.15) is 0 Å². The first kappa shape index (κ1) is 52.3. The minimum absolute atomic E-state index is 0.0374. The molecule has 0 bridgehead atoms. The molecule has 0 N–H and O–H groups in total. The molecule has 6 rings (SSSR count). The predicted molar refractivity (Wildman–Crippen MR) is 245 cm³/mol. The van der Waals surface area contributed by atoms with Crippen molar-refractivity contribution in [3.05, 3.63) is 88.0 Å². The molecule has 3 fully saturated rings. The van der Waals surface area contributed by atoms with Gasteiger partial charge in [-0.3, -0.25) is 0 Å². The van der Waals surface area contributed by atoms with E-state index in [1.54, 1.807) is 36.4 Å². The summed E-state index contributed by atoms with van der Waals surface area (Å²) in [6.45, 7) is 13.7. The summed E-state index contributed by atoms with van der Waals surface area (Å²) in [6.07, 6.45) is 22.4. The summed E-state index contributed by atoms with van der Waals surface area (Å²) >= 11 is 0. The van der Waals surface area contributed by atoms with Gasteiger partial charge in [0.05, 0.1) is 19.8 Å². The molecule has 0 aliphatic heterocycles. The molecule has 3 aromatic rings. The second kappa shape index (κ2) is 27.8.